The topological polar surface area (TPSA) is 23.5 Å². The Morgan fingerprint density at radius 2 is 2.10 bits per heavy atom. The van der Waals surface area contributed by atoms with E-state index in [4.69, 9.17) is 11.6 Å². The predicted molar refractivity (Wildman–Crippen MR) is 80.4 cm³/mol. The van der Waals surface area contributed by atoms with E-state index in [9.17, 15) is 9.50 Å². The Kier molecular flexibility index (Phi) is 4.73. The largest absolute Gasteiger partial charge is 0.388 e. The van der Waals surface area contributed by atoms with Gasteiger partial charge in [0.25, 0.3) is 0 Å². The predicted octanol–water partition coefficient (Wildman–Crippen LogP) is 4.02. The second kappa shape index (κ2) is 6.00. The van der Waals surface area contributed by atoms with Crippen LogP contribution in [-0.2, 0) is 0 Å². The number of likely N-dealkylation sites (tertiary alicyclic amines) is 1. The van der Waals surface area contributed by atoms with E-state index in [0.29, 0.717) is 5.56 Å². The molecule has 0 aromatic heterocycles. The van der Waals surface area contributed by atoms with Crippen LogP contribution < -0.4 is 0 Å². The lowest BCUT2D eigenvalue weighted by Gasteiger charge is -2.43. The van der Waals surface area contributed by atoms with Gasteiger partial charge in [-0.15, -0.1) is 0 Å². The van der Waals surface area contributed by atoms with E-state index in [2.05, 4.69) is 25.7 Å². The molecule has 2 nitrogen and oxygen atoms in total. The minimum absolute atomic E-state index is 0.0518. The van der Waals surface area contributed by atoms with Gasteiger partial charge >= 0.3 is 0 Å². The van der Waals surface area contributed by atoms with Crippen molar-refractivity contribution in [2.24, 2.45) is 5.92 Å². The molecule has 1 N–H and O–H groups in total. The van der Waals surface area contributed by atoms with Crippen molar-refractivity contribution >= 4 is 11.6 Å². The van der Waals surface area contributed by atoms with E-state index < -0.39 is 11.9 Å². The highest BCUT2D eigenvalue weighted by Gasteiger charge is 2.33. The smallest absolute Gasteiger partial charge is 0.147 e. The maximum absolute atomic E-state index is 14.0. The van der Waals surface area contributed by atoms with Gasteiger partial charge in [0, 0.05) is 23.6 Å². The van der Waals surface area contributed by atoms with Crippen molar-refractivity contribution < 1.29 is 9.50 Å². The number of halogens is 2. The lowest BCUT2D eigenvalue weighted by molar-refractivity contribution is 0.0134. The summed E-state index contributed by atoms with van der Waals surface area (Å²) in [6.45, 7) is 8.33. The molecule has 4 heteroatoms. The molecule has 1 aromatic rings. The fraction of sp³-hybridized carbons (Fsp3) is 0.625. The minimum atomic E-state index is -0.793. The molecule has 2 rings (SSSR count). The molecule has 0 amide bonds. The summed E-state index contributed by atoms with van der Waals surface area (Å²) in [7, 11) is 0. The van der Waals surface area contributed by atoms with Crippen molar-refractivity contribution in [2.45, 2.75) is 45.3 Å². The number of hydrogen-bond donors (Lipinski definition) is 1. The summed E-state index contributed by atoms with van der Waals surface area (Å²) in [6, 6.07) is 4.83. The Labute approximate surface area is 125 Å². The highest BCUT2D eigenvalue weighted by atomic mass is 35.5. The molecule has 0 spiro atoms. The lowest BCUT2D eigenvalue weighted by atomic mass is 9.86. The van der Waals surface area contributed by atoms with Gasteiger partial charge in [-0.1, -0.05) is 23.7 Å². The van der Waals surface area contributed by atoms with Crippen LogP contribution >= 0.6 is 11.6 Å². The third-order valence-electron chi connectivity index (χ3n) is 4.15. The highest BCUT2D eigenvalue weighted by Crippen LogP contribution is 2.34. The second-order valence-corrected chi connectivity index (χ2v) is 7.01. The first-order valence-corrected chi connectivity index (χ1v) is 7.55. The van der Waals surface area contributed by atoms with Crippen molar-refractivity contribution in [3.8, 4) is 0 Å². The third-order valence-corrected chi connectivity index (χ3v) is 4.45. The van der Waals surface area contributed by atoms with Crippen molar-refractivity contribution in [2.75, 3.05) is 13.1 Å². The van der Waals surface area contributed by atoms with E-state index in [1.165, 1.54) is 6.07 Å². The Balaban J connectivity index is 2.16. The van der Waals surface area contributed by atoms with Crippen LogP contribution in [0.1, 0.15) is 45.3 Å². The zero-order chi connectivity index (χ0) is 14.9. The van der Waals surface area contributed by atoms with Crippen LogP contribution in [0, 0.1) is 11.7 Å². The number of aliphatic hydroxyl groups excluding tert-OH is 1. The van der Waals surface area contributed by atoms with Gasteiger partial charge in [-0.05, 0) is 46.2 Å². The number of benzene rings is 1. The Morgan fingerprint density at radius 3 is 2.75 bits per heavy atom. The fourth-order valence-corrected chi connectivity index (χ4v) is 3.06. The molecule has 1 unspecified atom stereocenters. The molecule has 2 atom stereocenters. The first-order chi connectivity index (χ1) is 9.30. The van der Waals surface area contributed by atoms with Gasteiger partial charge in [0.1, 0.15) is 5.82 Å². The van der Waals surface area contributed by atoms with Crippen LogP contribution in [0.5, 0.6) is 0 Å². The molecule has 1 heterocycles. The van der Waals surface area contributed by atoms with Gasteiger partial charge in [0.05, 0.1) is 11.1 Å². The fourth-order valence-electron chi connectivity index (χ4n) is 2.88. The van der Waals surface area contributed by atoms with Gasteiger partial charge in [-0.2, -0.15) is 0 Å². The van der Waals surface area contributed by atoms with Crippen LogP contribution in [0.3, 0.4) is 0 Å². The monoisotopic (exact) mass is 299 g/mol. The minimum Gasteiger partial charge on any atom is -0.388 e. The molecule has 1 aromatic carbocycles. The SMILES string of the molecule is CC(C)(C)N1CCCC([C@@H](O)c2cccc(Cl)c2F)C1. The Hall–Kier alpha value is -0.640. The van der Waals surface area contributed by atoms with Crippen molar-refractivity contribution in [1.82, 2.24) is 4.90 Å². The normalized spacial score (nSPS) is 22.8. The van der Waals surface area contributed by atoms with Crippen LogP contribution in [0.2, 0.25) is 5.02 Å². The number of hydrogen-bond acceptors (Lipinski definition) is 2. The van der Waals surface area contributed by atoms with E-state index in [0.717, 1.165) is 25.9 Å². The zero-order valence-electron chi connectivity index (χ0n) is 12.4. The average molecular weight is 300 g/mol. The van der Waals surface area contributed by atoms with Crippen LogP contribution in [0.25, 0.3) is 0 Å². The first-order valence-electron chi connectivity index (χ1n) is 7.17. The van der Waals surface area contributed by atoms with E-state index in [-0.39, 0.29) is 16.5 Å². The molecule has 20 heavy (non-hydrogen) atoms. The lowest BCUT2D eigenvalue weighted by Crippen LogP contribution is -2.48. The molecule has 1 aliphatic rings. The Morgan fingerprint density at radius 1 is 1.40 bits per heavy atom. The molecular weight excluding hydrogens is 277 g/mol. The number of piperidine rings is 1. The average Bonchev–Trinajstić information content (AvgIpc) is 2.40. The Bertz CT molecular complexity index is 472. The first kappa shape index (κ1) is 15.7. The van der Waals surface area contributed by atoms with Crippen LogP contribution in [0.15, 0.2) is 18.2 Å². The molecule has 1 saturated heterocycles. The molecular formula is C16H23ClFNO. The molecule has 112 valence electrons. The van der Waals surface area contributed by atoms with E-state index in [1.54, 1.807) is 12.1 Å². The van der Waals surface area contributed by atoms with Crippen LogP contribution in [-0.4, -0.2) is 28.6 Å². The summed E-state index contributed by atoms with van der Waals surface area (Å²) in [5.74, 6) is -0.439. The summed E-state index contributed by atoms with van der Waals surface area (Å²) in [6.07, 6.45) is 1.15. The van der Waals surface area contributed by atoms with Crippen molar-refractivity contribution in [3.05, 3.63) is 34.6 Å². The highest BCUT2D eigenvalue weighted by molar-refractivity contribution is 6.30. The van der Waals surface area contributed by atoms with Gasteiger partial charge in [-0.25, -0.2) is 4.39 Å². The summed E-state index contributed by atoms with van der Waals surface area (Å²) in [5.41, 5.74) is 0.393. The quantitative estimate of drug-likeness (QED) is 0.891. The maximum Gasteiger partial charge on any atom is 0.147 e. The molecule has 1 fully saturated rings. The summed E-state index contributed by atoms with van der Waals surface area (Å²) >= 11 is 5.80. The summed E-state index contributed by atoms with van der Waals surface area (Å²) in [5, 5.41) is 10.6. The zero-order valence-corrected chi connectivity index (χ0v) is 13.1. The van der Waals surface area contributed by atoms with Crippen molar-refractivity contribution in [1.29, 1.82) is 0 Å². The number of rotatable bonds is 2. The number of nitrogens with zero attached hydrogens (tertiary/aromatic N) is 1. The third kappa shape index (κ3) is 3.33. The van der Waals surface area contributed by atoms with E-state index >= 15 is 0 Å². The molecule has 0 saturated carbocycles. The van der Waals surface area contributed by atoms with E-state index in [1.807, 2.05) is 0 Å². The van der Waals surface area contributed by atoms with Gasteiger partial charge in [0.2, 0.25) is 0 Å². The molecule has 0 aliphatic carbocycles. The second-order valence-electron chi connectivity index (χ2n) is 6.61. The standard InChI is InChI=1S/C16H23ClFNO/c1-16(2,3)19-9-5-6-11(10-19)15(20)12-7-4-8-13(17)14(12)18/h4,7-8,11,15,20H,5-6,9-10H2,1-3H3/t11?,15-/m1/s1. The van der Waals surface area contributed by atoms with Crippen molar-refractivity contribution in [3.63, 3.8) is 0 Å². The maximum atomic E-state index is 14.0. The van der Waals surface area contributed by atoms with Gasteiger partial charge in [-0.3, -0.25) is 4.90 Å². The van der Waals surface area contributed by atoms with Gasteiger partial charge < -0.3 is 5.11 Å². The number of aliphatic hydroxyl groups is 1. The summed E-state index contributed by atoms with van der Waals surface area (Å²) in [4.78, 5) is 2.35. The molecule has 0 bridgehead atoms. The summed E-state index contributed by atoms with van der Waals surface area (Å²) < 4.78 is 14.0. The van der Waals surface area contributed by atoms with Crippen LogP contribution in [0.4, 0.5) is 4.39 Å². The van der Waals surface area contributed by atoms with Gasteiger partial charge in [0.15, 0.2) is 0 Å². The molecule has 1 aliphatic heterocycles. The molecule has 0 radical (unpaired) electrons.